The minimum atomic E-state index is -0.480. The summed E-state index contributed by atoms with van der Waals surface area (Å²) < 4.78 is 13.1. The summed E-state index contributed by atoms with van der Waals surface area (Å²) in [6.07, 6.45) is 4.21. The van der Waals surface area contributed by atoms with Crippen molar-refractivity contribution in [2.75, 3.05) is 5.73 Å². The van der Waals surface area contributed by atoms with Gasteiger partial charge in [-0.1, -0.05) is 12.8 Å². The number of nitrogens with two attached hydrogens (primary N) is 1. The van der Waals surface area contributed by atoms with Gasteiger partial charge in [-0.05, 0) is 38.0 Å². The quantitative estimate of drug-likeness (QED) is 0.775. The van der Waals surface area contributed by atoms with Gasteiger partial charge in [0.25, 0.3) is 5.91 Å². The van der Waals surface area contributed by atoms with Gasteiger partial charge in [-0.2, -0.15) is 0 Å². The van der Waals surface area contributed by atoms with Gasteiger partial charge in [0.15, 0.2) is 0 Å². The van der Waals surface area contributed by atoms with Crippen LogP contribution in [-0.2, 0) is 0 Å². The van der Waals surface area contributed by atoms with Gasteiger partial charge in [0.1, 0.15) is 5.82 Å². The maximum Gasteiger partial charge on any atom is 0.251 e. The van der Waals surface area contributed by atoms with Crippen LogP contribution in [0.2, 0.25) is 0 Å². The molecule has 1 amide bonds. The van der Waals surface area contributed by atoms with Crippen LogP contribution in [0, 0.1) is 5.82 Å². The minimum absolute atomic E-state index is 0.155. The molecule has 2 rings (SSSR count). The normalized spacial score (nSPS) is 18.0. The van der Waals surface area contributed by atoms with Crippen molar-refractivity contribution in [3.63, 3.8) is 0 Å². The number of halogens is 1. The number of nitrogen functional groups attached to an aromatic ring is 1. The van der Waals surface area contributed by atoms with Crippen molar-refractivity contribution < 1.29 is 9.18 Å². The number of amides is 1. The molecule has 4 heteroatoms. The van der Waals surface area contributed by atoms with Gasteiger partial charge in [-0.3, -0.25) is 4.79 Å². The molecule has 0 aliphatic heterocycles. The molecular formula is C13H17FN2O. The van der Waals surface area contributed by atoms with Crippen molar-refractivity contribution in [3.05, 3.63) is 29.6 Å². The summed E-state index contributed by atoms with van der Waals surface area (Å²) in [5, 5.41) is 2.96. The van der Waals surface area contributed by atoms with E-state index in [0.717, 1.165) is 25.7 Å². The molecule has 1 aliphatic rings. The standard InChI is InChI=1S/C13H17FN2O/c1-13(4-2-3-5-13)16-12(17)9-6-10(14)8-11(15)7-9/h6-8H,2-5,15H2,1H3,(H,16,17). The van der Waals surface area contributed by atoms with Crippen LogP contribution in [0.25, 0.3) is 0 Å². The Bertz CT molecular complexity index is 419. The van der Waals surface area contributed by atoms with Gasteiger partial charge < -0.3 is 11.1 Å². The molecule has 1 fully saturated rings. The average Bonchev–Trinajstić information content (AvgIpc) is 2.63. The third kappa shape index (κ3) is 2.75. The maximum absolute atomic E-state index is 13.1. The molecular weight excluding hydrogens is 219 g/mol. The van der Waals surface area contributed by atoms with E-state index in [1.54, 1.807) is 0 Å². The topological polar surface area (TPSA) is 55.1 Å². The molecule has 3 nitrogen and oxygen atoms in total. The van der Waals surface area contributed by atoms with Crippen molar-refractivity contribution in [2.24, 2.45) is 0 Å². The summed E-state index contributed by atoms with van der Waals surface area (Å²) in [6.45, 7) is 2.03. The van der Waals surface area contributed by atoms with E-state index in [4.69, 9.17) is 5.73 Å². The van der Waals surface area contributed by atoms with Crippen LogP contribution in [-0.4, -0.2) is 11.4 Å². The van der Waals surface area contributed by atoms with Gasteiger partial charge in [-0.25, -0.2) is 4.39 Å². The number of nitrogens with one attached hydrogen (secondary N) is 1. The summed E-state index contributed by atoms with van der Waals surface area (Å²) in [5.74, 6) is -0.729. The first-order valence-electron chi connectivity index (χ1n) is 5.87. The summed E-state index contributed by atoms with van der Waals surface area (Å²) in [5.41, 5.74) is 5.92. The molecule has 1 saturated carbocycles. The largest absolute Gasteiger partial charge is 0.399 e. The molecule has 0 bridgehead atoms. The zero-order chi connectivity index (χ0) is 12.5. The fourth-order valence-corrected chi connectivity index (χ4v) is 2.37. The van der Waals surface area contributed by atoms with Gasteiger partial charge >= 0.3 is 0 Å². The lowest BCUT2D eigenvalue weighted by Gasteiger charge is -2.25. The first kappa shape index (κ1) is 11.9. The number of rotatable bonds is 2. The van der Waals surface area contributed by atoms with Gasteiger partial charge in [0.05, 0.1) is 0 Å². The summed E-state index contributed by atoms with van der Waals surface area (Å²) >= 11 is 0. The van der Waals surface area contributed by atoms with Crippen molar-refractivity contribution >= 4 is 11.6 Å². The molecule has 1 aromatic carbocycles. The predicted molar refractivity (Wildman–Crippen MR) is 65.2 cm³/mol. The molecule has 0 spiro atoms. The fourth-order valence-electron chi connectivity index (χ4n) is 2.37. The van der Waals surface area contributed by atoms with E-state index in [1.807, 2.05) is 6.92 Å². The van der Waals surface area contributed by atoms with E-state index in [0.29, 0.717) is 0 Å². The highest BCUT2D eigenvalue weighted by Gasteiger charge is 2.30. The van der Waals surface area contributed by atoms with E-state index in [1.165, 1.54) is 18.2 Å². The molecule has 3 N–H and O–H groups in total. The lowest BCUT2D eigenvalue weighted by atomic mass is 10.00. The Labute approximate surface area is 100 Å². The van der Waals surface area contributed by atoms with Crippen LogP contribution in [0.1, 0.15) is 43.0 Å². The Kier molecular flexibility index (Phi) is 3.05. The molecule has 0 heterocycles. The Morgan fingerprint density at radius 1 is 1.35 bits per heavy atom. The Balaban J connectivity index is 2.14. The minimum Gasteiger partial charge on any atom is -0.399 e. The molecule has 92 valence electrons. The predicted octanol–water partition coefficient (Wildman–Crippen LogP) is 2.47. The van der Waals surface area contributed by atoms with E-state index in [2.05, 4.69) is 5.32 Å². The lowest BCUT2D eigenvalue weighted by Crippen LogP contribution is -2.43. The number of benzene rings is 1. The van der Waals surface area contributed by atoms with E-state index in [-0.39, 0.29) is 22.7 Å². The molecule has 0 saturated heterocycles. The third-order valence-electron chi connectivity index (χ3n) is 3.30. The molecule has 1 aromatic rings. The van der Waals surface area contributed by atoms with E-state index in [9.17, 15) is 9.18 Å². The molecule has 0 radical (unpaired) electrons. The van der Waals surface area contributed by atoms with Gasteiger partial charge in [0.2, 0.25) is 0 Å². The summed E-state index contributed by atoms with van der Waals surface area (Å²) in [7, 11) is 0. The Hall–Kier alpha value is -1.58. The molecule has 0 aromatic heterocycles. The van der Waals surface area contributed by atoms with Crippen LogP contribution in [0.5, 0.6) is 0 Å². The first-order chi connectivity index (χ1) is 7.98. The fraction of sp³-hybridized carbons (Fsp3) is 0.462. The lowest BCUT2D eigenvalue weighted by molar-refractivity contribution is 0.0907. The van der Waals surface area contributed by atoms with Crippen LogP contribution < -0.4 is 11.1 Å². The third-order valence-corrected chi connectivity index (χ3v) is 3.30. The zero-order valence-corrected chi connectivity index (χ0v) is 9.92. The molecule has 0 unspecified atom stereocenters. The second-order valence-corrected chi connectivity index (χ2v) is 5.00. The number of anilines is 1. The number of hydrogen-bond donors (Lipinski definition) is 2. The summed E-state index contributed by atoms with van der Waals surface area (Å²) in [4.78, 5) is 12.0. The van der Waals surface area contributed by atoms with Gasteiger partial charge in [0, 0.05) is 16.8 Å². The van der Waals surface area contributed by atoms with Crippen LogP contribution in [0.3, 0.4) is 0 Å². The Morgan fingerprint density at radius 3 is 2.59 bits per heavy atom. The smallest absolute Gasteiger partial charge is 0.251 e. The van der Waals surface area contributed by atoms with Crippen LogP contribution in [0.15, 0.2) is 18.2 Å². The van der Waals surface area contributed by atoms with Crippen molar-refractivity contribution in [2.45, 2.75) is 38.1 Å². The van der Waals surface area contributed by atoms with E-state index >= 15 is 0 Å². The first-order valence-corrected chi connectivity index (χ1v) is 5.87. The monoisotopic (exact) mass is 236 g/mol. The molecule has 0 atom stereocenters. The summed E-state index contributed by atoms with van der Waals surface area (Å²) in [6, 6.07) is 3.91. The number of carbonyl (C=O) groups excluding carboxylic acids is 1. The Morgan fingerprint density at radius 2 is 2.00 bits per heavy atom. The number of carbonyl (C=O) groups is 1. The van der Waals surface area contributed by atoms with Crippen LogP contribution >= 0.6 is 0 Å². The highest BCUT2D eigenvalue weighted by atomic mass is 19.1. The van der Waals surface area contributed by atoms with Crippen molar-refractivity contribution in [1.82, 2.24) is 5.32 Å². The second kappa shape index (κ2) is 4.35. The van der Waals surface area contributed by atoms with Gasteiger partial charge in [-0.15, -0.1) is 0 Å². The van der Waals surface area contributed by atoms with Crippen molar-refractivity contribution in [3.8, 4) is 0 Å². The SMILES string of the molecule is CC1(NC(=O)c2cc(N)cc(F)c2)CCCC1. The van der Waals surface area contributed by atoms with E-state index < -0.39 is 5.82 Å². The maximum atomic E-state index is 13.1. The highest BCUT2D eigenvalue weighted by molar-refractivity contribution is 5.95. The molecule has 17 heavy (non-hydrogen) atoms. The number of hydrogen-bond acceptors (Lipinski definition) is 2. The average molecular weight is 236 g/mol. The molecule has 1 aliphatic carbocycles. The highest BCUT2D eigenvalue weighted by Crippen LogP contribution is 2.29. The van der Waals surface area contributed by atoms with Crippen molar-refractivity contribution in [1.29, 1.82) is 0 Å². The zero-order valence-electron chi connectivity index (χ0n) is 9.92. The van der Waals surface area contributed by atoms with Crippen LogP contribution in [0.4, 0.5) is 10.1 Å². The second-order valence-electron chi connectivity index (χ2n) is 5.00.